The number of nitrogens with one attached hydrogen (secondary N) is 1. The molecule has 0 amide bonds. The molecular formula is C25H25NO. The van der Waals surface area contributed by atoms with Crippen molar-refractivity contribution in [1.82, 2.24) is 0 Å². The molecule has 0 spiro atoms. The van der Waals surface area contributed by atoms with E-state index in [1.165, 1.54) is 33.4 Å². The number of hydrogen-bond acceptors (Lipinski definition) is 2. The molecule has 0 saturated heterocycles. The minimum atomic E-state index is 0.651. The summed E-state index contributed by atoms with van der Waals surface area (Å²) in [6, 6.07) is 15.1. The van der Waals surface area contributed by atoms with Gasteiger partial charge in [-0.3, -0.25) is 0 Å². The van der Waals surface area contributed by atoms with E-state index in [2.05, 4.69) is 85.1 Å². The van der Waals surface area contributed by atoms with Crippen LogP contribution < -0.4 is 10.1 Å². The van der Waals surface area contributed by atoms with Crippen molar-refractivity contribution in [3.8, 4) is 5.75 Å². The number of ether oxygens (including phenoxy) is 1. The maximum absolute atomic E-state index is 6.24. The van der Waals surface area contributed by atoms with Crippen molar-refractivity contribution in [1.29, 1.82) is 0 Å². The van der Waals surface area contributed by atoms with E-state index in [0.29, 0.717) is 6.61 Å². The van der Waals surface area contributed by atoms with E-state index in [4.69, 9.17) is 4.74 Å². The summed E-state index contributed by atoms with van der Waals surface area (Å²) < 4.78 is 6.24. The second kappa shape index (κ2) is 7.71. The largest absolute Gasteiger partial charge is 0.489 e. The first-order valence-electron chi connectivity index (χ1n) is 9.51. The Hall–Kier alpha value is -3.00. The fourth-order valence-electron chi connectivity index (χ4n) is 3.68. The van der Waals surface area contributed by atoms with Crippen molar-refractivity contribution < 1.29 is 4.74 Å². The van der Waals surface area contributed by atoms with Crippen LogP contribution in [0.25, 0.3) is 11.6 Å². The lowest BCUT2D eigenvalue weighted by atomic mass is 9.88. The van der Waals surface area contributed by atoms with Crippen molar-refractivity contribution in [3.63, 3.8) is 0 Å². The fourth-order valence-corrected chi connectivity index (χ4v) is 3.68. The molecule has 0 aromatic heterocycles. The molecule has 1 N–H and O–H groups in total. The molecule has 0 radical (unpaired) electrons. The summed E-state index contributed by atoms with van der Waals surface area (Å²) in [5.74, 6) is 0.978. The number of aryl methyl sites for hydroxylation is 1. The maximum Gasteiger partial charge on any atom is 0.127 e. The SMILES string of the molecule is CNc1cccc(/C=C2\C3=C(CC=C/C=C\C3)COc3cc(C)ccc32)c1. The van der Waals surface area contributed by atoms with Crippen LogP contribution in [0.4, 0.5) is 5.69 Å². The summed E-state index contributed by atoms with van der Waals surface area (Å²) in [5.41, 5.74) is 8.73. The number of anilines is 1. The van der Waals surface area contributed by atoms with Gasteiger partial charge < -0.3 is 10.1 Å². The molecule has 4 rings (SSSR count). The fraction of sp³-hybridized carbons (Fsp3) is 0.200. The van der Waals surface area contributed by atoms with Crippen LogP contribution in [0.3, 0.4) is 0 Å². The van der Waals surface area contributed by atoms with Crippen LogP contribution in [0.5, 0.6) is 5.75 Å². The van der Waals surface area contributed by atoms with E-state index >= 15 is 0 Å². The topological polar surface area (TPSA) is 21.3 Å². The zero-order valence-electron chi connectivity index (χ0n) is 16.0. The van der Waals surface area contributed by atoms with Crippen LogP contribution in [0.15, 0.2) is 77.9 Å². The maximum atomic E-state index is 6.24. The summed E-state index contributed by atoms with van der Waals surface area (Å²) >= 11 is 0. The molecule has 1 aliphatic heterocycles. The summed E-state index contributed by atoms with van der Waals surface area (Å²) in [4.78, 5) is 0. The lowest BCUT2D eigenvalue weighted by Crippen LogP contribution is -2.02. The third-order valence-electron chi connectivity index (χ3n) is 5.14. The van der Waals surface area contributed by atoms with Crippen LogP contribution in [-0.4, -0.2) is 13.7 Å². The molecular weight excluding hydrogens is 330 g/mol. The van der Waals surface area contributed by atoms with Gasteiger partial charge in [0.25, 0.3) is 0 Å². The molecule has 2 aromatic rings. The van der Waals surface area contributed by atoms with E-state index in [1.807, 2.05) is 7.05 Å². The van der Waals surface area contributed by atoms with Gasteiger partial charge in [0, 0.05) is 18.3 Å². The molecule has 2 nitrogen and oxygen atoms in total. The second-order valence-electron chi connectivity index (χ2n) is 7.07. The first kappa shape index (κ1) is 17.4. The minimum absolute atomic E-state index is 0.651. The quantitative estimate of drug-likeness (QED) is 0.695. The minimum Gasteiger partial charge on any atom is -0.489 e. The van der Waals surface area contributed by atoms with E-state index in [-0.39, 0.29) is 0 Å². The molecule has 27 heavy (non-hydrogen) atoms. The van der Waals surface area contributed by atoms with Gasteiger partial charge in [0.05, 0.1) is 0 Å². The van der Waals surface area contributed by atoms with Crippen LogP contribution in [-0.2, 0) is 0 Å². The average Bonchev–Trinajstić information content (AvgIpc) is 2.79. The third-order valence-corrected chi connectivity index (χ3v) is 5.14. The van der Waals surface area contributed by atoms with Gasteiger partial charge >= 0.3 is 0 Å². The van der Waals surface area contributed by atoms with Crippen molar-refractivity contribution in [2.75, 3.05) is 19.0 Å². The number of rotatable bonds is 2. The Morgan fingerprint density at radius 3 is 2.70 bits per heavy atom. The van der Waals surface area contributed by atoms with Crippen LogP contribution in [0, 0.1) is 6.92 Å². The number of hydrogen-bond donors (Lipinski definition) is 1. The first-order valence-corrected chi connectivity index (χ1v) is 9.51. The molecule has 2 aliphatic rings. The van der Waals surface area contributed by atoms with Crippen LogP contribution in [0.2, 0.25) is 0 Å². The standard InChI is InChI=1S/C25H25NO/c1-18-12-13-23-24(16-19-8-7-10-21(15-19)26-2)22-11-6-4-3-5-9-20(22)17-27-25(23)14-18/h3-8,10,12-16,26H,9,11,17H2,1-2H3/b5-3?,6-4-,24-16+. The van der Waals surface area contributed by atoms with Crippen molar-refractivity contribution in [2.45, 2.75) is 19.8 Å². The Labute approximate surface area is 161 Å². The van der Waals surface area contributed by atoms with Crippen LogP contribution in [0.1, 0.15) is 29.5 Å². The molecule has 0 atom stereocenters. The lowest BCUT2D eigenvalue weighted by molar-refractivity contribution is 0.350. The normalized spacial score (nSPS) is 18.7. The number of fused-ring (bicyclic) bond motifs is 1. The summed E-state index contributed by atoms with van der Waals surface area (Å²) in [6.45, 7) is 2.76. The zero-order chi connectivity index (χ0) is 18.6. The highest BCUT2D eigenvalue weighted by Crippen LogP contribution is 2.40. The van der Waals surface area contributed by atoms with Gasteiger partial charge in [-0.25, -0.2) is 0 Å². The molecule has 2 heteroatoms. The highest BCUT2D eigenvalue weighted by atomic mass is 16.5. The van der Waals surface area contributed by atoms with Gasteiger partial charge in [0.15, 0.2) is 0 Å². The monoisotopic (exact) mass is 355 g/mol. The zero-order valence-corrected chi connectivity index (χ0v) is 16.0. The van der Waals surface area contributed by atoms with Gasteiger partial charge in [-0.2, -0.15) is 0 Å². The highest BCUT2D eigenvalue weighted by molar-refractivity contribution is 5.94. The Bertz CT molecular complexity index is 976. The molecule has 1 heterocycles. The van der Waals surface area contributed by atoms with Gasteiger partial charge in [-0.15, -0.1) is 0 Å². The molecule has 0 fully saturated rings. The smallest absolute Gasteiger partial charge is 0.127 e. The van der Waals surface area contributed by atoms with Gasteiger partial charge in [-0.05, 0) is 71.9 Å². The third kappa shape index (κ3) is 3.75. The van der Waals surface area contributed by atoms with Crippen molar-refractivity contribution in [3.05, 3.63) is 94.6 Å². The average molecular weight is 355 g/mol. The Kier molecular flexibility index (Phi) is 4.97. The molecule has 0 saturated carbocycles. The Morgan fingerprint density at radius 2 is 1.85 bits per heavy atom. The second-order valence-corrected chi connectivity index (χ2v) is 7.07. The molecule has 0 unspecified atom stereocenters. The Morgan fingerprint density at radius 1 is 1.00 bits per heavy atom. The molecule has 136 valence electrons. The summed E-state index contributed by atoms with van der Waals surface area (Å²) in [7, 11) is 1.95. The number of allylic oxidation sites excluding steroid dienone is 6. The summed E-state index contributed by atoms with van der Waals surface area (Å²) in [5, 5.41) is 3.23. The molecule has 2 aromatic carbocycles. The van der Waals surface area contributed by atoms with E-state index in [1.54, 1.807) is 0 Å². The number of benzene rings is 2. The lowest BCUT2D eigenvalue weighted by Gasteiger charge is -2.15. The summed E-state index contributed by atoms with van der Waals surface area (Å²) in [6.07, 6.45) is 12.9. The van der Waals surface area contributed by atoms with E-state index < -0.39 is 0 Å². The molecule has 0 bridgehead atoms. The van der Waals surface area contributed by atoms with Crippen molar-refractivity contribution >= 4 is 17.3 Å². The van der Waals surface area contributed by atoms with Crippen molar-refractivity contribution in [2.24, 2.45) is 0 Å². The van der Waals surface area contributed by atoms with Gasteiger partial charge in [0.2, 0.25) is 0 Å². The van der Waals surface area contributed by atoms with E-state index in [0.717, 1.165) is 24.3 Å². The van der Waals surface area contributed by atoms with Gasteiger partial charge in [-0.1, -0.05) is 48.6 Å². The van der Waals surface area contributed by atoms with E-state index in [9.17, 15) is 0 Å². The first-order chi connectivity index (χ1) is 13.2. The Balaban J connectivity index is 1.91. The predicted molar refractivity (Wildman–Crippen MR) is 115 cm³/mol. The molecule has 1 aliphatic carbocycles. The van der Waals surface area contributed by atoms with Crippen LogP contribution >= 0.6 is 0 Å². The highest BCUT2D eigenvalue weighted by Gasteiger charge is 2.21. The van der Waals surface area contributed by atoms with Gasteiger partial charge in [0.1, 0.15) is 12.4 Å². The predicted octanol–water partition coefficient (Wildman–Crippen LogP) is 6.17.